The third-order valence-corrected chi connectivity index (χ3v) is 7.24. The van der Waals surface area contributed by atoms with Crippen LogP contribution in [-0.4, -0.2) is 52.0 Å². The molecule has 0 aliphatic carbocycles. The number of rotatable bonds is 5. The Hall–Kier alpha value is -3.24. The van der Waals surface area contributed by atoms with Gasteiger partial charge >= 0.3 is 6.09 Å². The molecule has 0 radical (unpaired) electrons. The van der Waals surface area contributed by atoms with E-state index >= 15 is 0 Å². The van der Waals surface area contributed by atoms with E-state index in [-0.39, 0.29) is 18.0 Å². The van der Waals surface area contributed by atoms with E-state index in [4.69, 9.17) is 30.9 Å². The third-order valence-electron chi connectivity index (χ3n) is 6.01. The second-order valence-corrected chi connectivity index (χ2v) is 11.7. The Morgan fingerprint density at radius 3 is 2.78 bits per heavy atom. The molecule has 5 rings (SSSR count). The molecule has 9 nitrogen and oxygen atoms in total. The number of halogens is 1. The average molecular weight is 545 g/mol. The quantitative estimate of drug-likeness (QED) is 0.437. The fourth-order valence-corrected chi connectivity index (χ4v) is 5.46. The van der Waals surface area contributed by atoms with Crippen LogP contribution in [0.5, 0.6) is 11.5 Å². The number of hydrogen-bond donors (Lipinski definition) is 1. The van der Waals surface area contributed by atoms with Crippen molar-refractivity contribution in [1.82, 2.24) is 14.7 Å². The second-order valence-electron chi connectivity index (χ2n) is 9.89. The molecule has 1 unspecified atom stereocenters. The summed E-state index contributed by atoms with van der Waals surface area (Å²) in [7, 11) is 0. The maximum atomic E-state index is 13.8. The zero-order valence-electron chi connectivity index (χ0n) is 21.0. The van der Waals surface area contributed by atoms with Gasteiger partial charge in [-0.25, -0.2) is 4.79 Å². The molecule has 1 aromatic carbocycles. The van der Waals surface area contributed by atoms with E-state index < -0.39 is 5.60 Å². The topological polar surface area (TPSA) is 94.9 Å². The van der Waals surface area contributed by atoms with Crippen LogP contribution in [0.3, 0.4) is 0 Å². The van der Waals surface area contributed by atoms with Crippen molar-refractivity contribution in [3.8, 4) is 11.5 Å². The molecule has 1 amide bonds. The van der Waals surface area contributed by atoms with Gasteiger partial charge in [-0.3, -0.25) is 9.69 Å². The molecule has 1 saturated heterocycles. The molecule has 3 aromatic rings. The lowest BCUT2D eigenvalue weighted by Gasteiger charge is -2.27. The Morgan fingerprint density at radius 1 is 1.22 bits per heavy atom. The van der Waals surface area contributed by atoms with Gasteiger partial charge in [0.25, 0.3) is 5.91 Å². The summed E-state index contributed by atoms with van der Waals surface area (Å²) in [5, 5.41) is 8.02. The van der Waals surface area contributed by atoms with Crippen LogP contribution < -0.4 is 14.8 Å². The van der Waals surface area contributed by atoms with Crippen molar-refractivity contribution in [2.24, 2.45) is 0 Å². The van der Waals surface area contributed by atoms with Crippen molar-refractivity contribution in [2.45, 2.75) is 51.8 Å². The Morgan fingerprint density at radius 2 is 2.03 bits per heavy atom. The minimum atomic E-state index is -0.608. The number of aromatic nitrogens is 2. The molecule has 37 heavy (non-hydrogen) atoms. The van der Waals surface area contributed by atoms with E-state index in [2.05, 4.69) is 5.32 Å². The van der Waals surface area contributed by atoms with Gasteiger partial charge in [-0.05, 0) is 57.9 Å². The number of hydrogen-bond acceptors (Lipinski definition) is 8. The number of benzene rings is 1. The molecule has 0 spiro atoms. The number of fused-ring (bicyclic) bond motifs is 1. The maximum Gasteiger partial charge on any atom is 0.410 e. The van der Waals surface area contributed by atoms with Gasteiger partial charge in [0.1, 0.15) is 24.6 Å². The summed E-state index contributed by atoms with van der Waals surface area (Å²) < 4.78 is 19.1. The van der Waals surface area contributed by atoms with Crippen molar-refractivity contribution in [1.29, 1.82) is 0 Å². The highest BCUT2D eigenvalue weighted by molar-refractivity contribution is 7.16. The van der Waals surface area contributed by atoms with E-state index in [9.17, 15) is 9.59 Å². The largest absolute Gasteiger partial charge is 0.486 e. The van der Waals surface area contributed by atoms with E-state index in [0.717, 1.165) is 17.7 Å². The van der Waals surface area contributed by atoms with Crippen LogP contribution in [0.1, 0.15) is 60.6 Å². The van der Waals surface area contributed by atoms with Crippen LogP contribution in [0.4, 0.5) is 10.6 Å². The molecule has 196 valence electrons. The smallest absolute Gasteiger partial charge is 0.410 e. The number of ether oxygens (including phenoxy) is 3. The molecule has 1 atom stereocenters. The standard InChI is InChI=1S/C26H29ClN4O5S/c1-26(2,3)36-25(33)30-11-5-7-19(30)18-14-22(28-15-16-9-10-21(27)37-16)31(29-18)24(32)17-6-4-8-20-23(17)35-13-12-34-20/h4,6,8-10,14,19,28H,5,7,11-13,15H2,1-3H3. The number of anilines is 1. The number of para-hydroxylation sites is 1. The van der Waals surface area contributed by atoms with E-state index in [1.165, 1.54) is 16.0 Å². The van der Waals surface area contributed by atoms with Crippen LogP contribution in [-0.2, 0) is 11.3 Å². The van der Waals surface area contributed by atoms with Gasteiger partial charge in [0.15, 0.2) is 11.5 Å². The first-order valence-electron chi connectivity index (χ1n) is 12.2. The highest BCUT2D eigenvalue weighted by Gasteiger charge is 2.36. The Bertz CT molecular complexity index is 1310. The minimum absolute atomic E-state index is 0.301. The van der Waals surface area contributed by atoms with Crippen LogP contribution in [0, 0.1) is 0 Å². The highest BCUT2D eigenvalue weighted by atomic mass is 35.5. The molecular weight excluding hydrogens is 516 g/mol. The molecular formula is C26H29ClN4O5S. The maximum absolute atomic E-state index is 13.8. The summed E-state index contributed by atoms with van der Waals surface area (Å²) in [4.78, 5) is 29.4. The Labute approximate surface area is 224 Å². The molecule has 2 aliphatic heterocycles. The van der Waals surface area contributed by atoms with Crippen molar-refractivity contribution < 1.29 is 23.8 Å². The lowest BCUT2D eigenvalue weighted by molar-refractivity contribution is 0.0221. The molecule has 1 N–H and O–H groups in total. The first kappa shape index (κ1) is 25.4. The SMILES string of the molecule is CC(C)(C)OC(=O)N1CCCC1c1cc(NCc2ccc(Cl)s2)n(C(=O)c2cccc3c2OCCO3)n1. The number of amides is 1. The lowest BCUT2D eigenvalue weighted by atomic mass is 10.1. The number of nitrogens with one attached hydrogen (secondary N) is 1. The van der Waals surface area contributed by atoms with Crippen molar-refractivity contribution in [3.05, 3.63) is 56.9 Å². The summed E-state index contributed by atoms with van der Waals surface area (Å²) in [6.07, 6.45) is 1.15. The third kappa shape index (κ3) is 5.55. The Kier molecular flexibility index (Phi) is 7.04. The van der Waals surface area contributed by atoms with Gasteiger partial charge in [-0.15, -0.1) is 11.3 Å². The van der Waals surface area contributed by atoms with Crippen LogP contribution in [0.2, 0.25) is 4.34 Å². The molecule has 2 aliphatic rings. The van der Waals surface area contributed by atoms with Gasteiger partial charge in [0.2, 0.25) is 0 Å². The predicted molar refractivity (Wildman–Crippen MR) is 141 cm³/mol. The van der Waals surface area contributed by atoms with Gasteiger partial charge in [-0.1, -0.05) is 17.7 Å². The molecule has 2 aromatic heterocycles. The van der Waals surface area contributed by atoms with Crippen molar-refractivity contribution in [3.63, 3.8) is 0 Å². The van der Waals surface area contributed by atoms with Crippen LogP contribution >= 0.6 is 22.9 Å². The number of carbonyl (C=O) groups excluding carboxylic acids is 2. The lowest BCUT2D eigenvalue weighted by Crippen LogP contribution is -2.36. The monoisotopic (exact) mass is 544 g/mol. The number of carbonyl (C=O) groups is 2. The molecule has 0 bridgehead atoms. The second kappa shape index (κ2) is 10.3. The molecule has 0 saturated carbocycles. The van der Waals surface area contributed by atoms with E-state index in [0.29, 0.717) is 59.2 Å². The van der Waals surface area contributed by atoms with Gasteiger partial charge in [0.05, 0.1) is 28.2 Å². The van der Waals surface area contributed by atoms with E-state index in [1.54, 1.807) is 23.1 Å². The van der Waals surface area contributed by atoms with Gasteiger partial charge in [0, 0.05) is 17.5 Å². The van der Waals surface area contributed by atoms with Crippen LogP contribution in [0.15, 0.2) is 36.4 Å². The van der Waals surface area contributed by atoms with Crippen LogP contribution in [0.25, 0.3) is 0 Å². The summed E-state index contributed by atoms with van der Waals surface area (Å²) in [5.41, 5.74) is 0.359. The summed E-state index contributed by atoms with van der Waals surface area (Å²) in [5.74, 6) is 1.08. The summed E-state index contributed by atoms with van der Waals surface area (Å²) >= 11 is 7.56. The molecule has 11 heteroatoms. The summed E-state index contributed by atoms with van der Waals surface area (Å²) in [6, 6.07) is 10.5. The first-order valence-corrected chi connectivity index (χ1v) is 13.4. The molecule has 4 heterocycles. The zero-order chi connectivity index (χ0) is 26.2. The minimum Gasteiger partial charge on any atom is -0.486 e. The zero-order valence-corrected chi connectivity index (χ0v) is 22.5. The number of thiophene rings is 1. The number of nitrogens with zero attached hydrogens (tertiary/aromatic N) is 3. The van der Waals surface area contributed by atoms with Crippen molar-refractivity contribution in [2.75, 3.05) is 25.1 Å². The first-order chi connectivity index (χ1) is 17.7. The van der Waals surface area contributed by atoms with Gasteiger partial charge in [-0.2, -0.15) is 9.78 Å². The van der Waals surface area contributed by atoms with E-state index in [1.807, 2.05) is 39.0 Å². The molecule has 1 fully saturated rings. The normalized spacial score (nSPS) is 17.1. The summed E-state index contributed by atoms with van der Waals surface area (Å²) in [6.45, 7) is 7.34. The van der Waals surface area contributed by atoms with Crippen molar-refractivity contribution >= 4 is 40.8 Å². The van der Waals surface area contributed by atoms with Gasteiger partial charge < -0.3 is 19.5 Å². The highest BCUT2D eigenvalue weighted by Crippen LogP contribution is 2.37. The fraction of sp³-hybridized carbons (Fsp3) is 0.423. The predicted octanol–water partition coefficient (Wildman–Crippen LogP) is 5.74. The average Bonchev–Trinajstić information content (AvgIpc) is 3.60. The number of likely N-dealkylation sites (tertiary alicyclic amines) is 1. The Balaban J connectivity index is 1.48. The fourth-order valence-electron chi connectivity index (χ4n) is 4.44.